The number of benzene rings is 3. The molecule has 1 aliphatic heterocycles. The molecule has 0 aliphatic carbocycles. The third kappa shape index (κ3) is 5.23. The minimum atomic E-state index is -0.0737. The lowest BCUT2D eigenvalue weighted by Crippen LogP contribution is -2.41. The van der Waals surface area contributed by atoms with E-state index in [1.54, 1.807) is 24.3 Å². The number of ether oxygens (including phenoxy) is 1. The molecule has 1 aliphatic rings. The Morgan fingerprint density at radius 1 is 0.800 bits per heavy atom. The first kappa shape index (κ1) is 20.1. The number of nitrogens with one attached hydrogen (secondary N) is 2. The van der Waals surface area contributed by atoms with Crippen molar-refractivity contribution in [2.45, 2.75) is 6.42 Å². The van der Waals surface area contributed by atoms with Gasteiger partial charge in [0, 0.05) is 24.5 Å². The predicted octanol–water partition coefficient (Wildman–Crippen LogP) is 3.29. The number of carbonyl (C=O) groups is 2. The minimum absolute atomic E-state index is 0.0513. The zero-order valence-corrected chi connectivity index (χ0v) is 16.8. The van der Waals surface area contributed by atoms with E-state index in [0.717, 1.165) is 29.4 Å². The van der Waals surface area contributed by atoms with Crippen molar-refractivity contribution in [2.24, 2.45) is 0 Å². The van der Waals surface area contributed by atoms with E-state index in [9.17, 15) is 9.59 Å². The molecule has 6 heteroatoms. The summed E-state index contributed by atoms with van der Waals surface area (Å²) in [6.07, 6.45) is 0.305. The topological polar surface area (TPSA) is 70.7 Å². The highest BCUT2D eigenvalue weighted by molar-refractivity contribution is 5.97. The van der Waals surface area contributed by atoms with Gasteiger partial charge in [-0.2, -0.15) is 0 Å². The molecule has 6 nitrogen and oxygen atoms in total. The summed E-state index contributed by atoms with van der Waals surface area (Å²) in [5.74, 6) is -0.125. The molecule has 1 heterocycles. The van der Waals surface area contributed by atoms with E-state index < -0.39 is 0 Å². The van der Waals surface area contributed by atoms with Crippen LogP contribution in [0.2, 0.25) is 0 Å². The first-order chi connectivity index (χ1) is 14.7. The molecule has 2 amide bonds. The molecule has 0 aromatic heterocycles. The molecule has 4 rings (SSSR count). The monoisotopic (exact) mass is 403 g/mol. The number of hydrogen-bond acceptors (Lipinski definition) is 4. The van der Waals surface area contributed by atoms with Crippen molar-refractivity contribution in [3.63, 3.8) is 0 Å². The van der Waals surface area contributed by atoms with Crippen LogP contribution in [0.5, 0.6) is 0 Å². The summed E-state index contributed by atoms with van der Waals surface area (Å²) in [5.41, 5.74) is 2.41. The summed E-state index contributed by atoms with van der Waals surface area (Å²) in [4.78, 5) is 26.8. The number of anilines is 2. The molecule has 3 aromatic rings. The van der Waals surface area contributed by atoms with Crippen LogP contribution < -0.4 is 10.6 Å². The van der Waals surface area contributed by atoms with Crippen LogP contribution in [-0.4, -0.2) is 49.6 Å². The van der Waals surface area contributed by atoms with E-state index in [1.807, 2.05) is 42.5 Å². The van der Waals surface area contributed by atoms with Gasteiger partial charge in [0.2, 0.25) is 11.8 Å². The molecule has 1 saturated heterocycles. The maximum Gasteiger partial charge on any atom is 0.238 e. The fourth-order valence-electron chi connectivity index (χ4n) is 3.62. The summed E-state index contributed by atoms with van der Waals surface area (Å²) >= 11 is 0. The van der Waals surface area contributed by atoms with Gasteiger partial charge in [0.1, 0.15) is 0 Å². The second kappa shape index (κ2) is 9.52. The Bertz CT molecular complexity index is 1020. The van der Waals surface area contributed by atoms with Gasteiger partial charge in [-0.3, -0.25) is 14.5 Å². The van der Waals surface area contributed by atoms with Gasteiger partial charge in [-0.1, -0.05) is 42.5 Å². The number of carbonyl (C=O) groups excluding carboxylic acids is 2. The number of nitrogens with zero attached hydrogens (tertiary/aromatic N) is 1. The molecule has 154 valence electrons. The van der Waals surface area contributed by atoms with E-state index in [4.69, 9.17) is 4.74 Å². The largest absolute Gasteiger partial charge is 0.379 e. The van der Waals surface area contributed by atoms with Crippen LogP contribution >= 0.6 is 0 Å². The van der Waals surface area contributed by atoms with E-state index in [1.165, 1.54) is 0 Å². The fraction of sp³-hybridized carbons (Fsp3) is 0.250. The van der Waals surface area contributed by atoms with Gasteiger partial charge in [0.25, 0.3) is 0 Å². The standard InChI is InChI=1S/C24H25N3O3/c28-23(16-19-6-3-5-18-4-1-2-7-22(18)19)25-20-8-10-21(11-9-20)26-24(29)17-27-12-14-30-15-13-27/h1-11H,12-17H2,(H,25,28)(H,26,29). The van der Waals surface area contributed by atoms with E-state index in [2.05, 4.69) is 15.5 Å². The summed E-state index contributed by atoms with van der Waals surface area (Å²) in [7, 11) is 0. The zero-order valence-electron chi connectivity index (χ0n) is 16.8. The summed E-state index contributed by atoms with van der Waals surface area (Å²) in [5, 5.41) is 8.04. The average molecular weight is 403 g/mol. The number of hydrogen-bond donors (Lipinski definition) is 2. The van der Waals surface area contributed by atoms with Gasteiger partial charge in [-0.25, -0.2) is 0 Å². The van der Waals surface area contributed by atoms with Gasteiger partial charge in [0.15, 0.2) is 0 Å². The SMILES string of the molecule is O=C(Cc1cccc2ccccc12)Nc1ccc(NC(=O)CN2CCOCC2)cc1. The highest BCUT2D eigenvalue weighted by Gasteiger charge is 2.14. The van der Waals surface area contributed by atoms with Crippen molar-refractivity contribution in [2.75, 3.05) is 43.5 Å². The van der Waals surface area contributed by atoms with Gasteiger partial charge in [0.05, 0.1) is 26.2 Å². The van der Waals surface area contributed by atoms with Crippen molar-refractivity contribution in [1.29, 1.82) is 0 Å². The Kier molecular flexibility index (Phi) is 6.37. The normalized spacial score (nSPS) is 14.4. The van der Waals surface area contributed by atoms with Crippen molar-refractivity contribution in [3.05, 3.63) is 72.3 Å². The molecule has 30 heavy (non-hydrogen) atoms. The second-order valence-electron chi connectivity index (χ2n) is 7.38. The molecule has 1 fully saturated rings. The van der Waals surface area contributed by atoms with Gasteiger partial charge < -0.3 is 15.4 Å². The van der Waals surface area contributed by atoms with E-state index in [0.29, 0.717) is 37.6 Å². The molecule has 0 atom stereocenters. The lowest BCUT2D eigenvalue weighted by molar-refractivity contribution is -0.118. The molecular formula is C24H25N3O3. The fourth-order valence-corrected chi connectivity index (χ4v) is 3.62. The van der Waals surface area contributed by atoms with Crippen LogP contribution in [0.4, 0.5) is 11.4 Å². The Balaban J connectivity index is 1.31. The van der Waals surface area contributed by atoms with Crippen molar-refractivity contribution >= 4 is 34.0 Å². The van der Waals surface area contributed by atoms with Crippen LogP contribution in [0, 0.1) is 0 Å². The quantitative estimate of drug-likeness (QED) is 0.663. The third-order valence-corrected chi connectivity index (χ3v) is 5.15. The van der Waals surface area contributed by atoms with Crippen LogP contribution in [-0.2, 0) is 20.7 Å². The minimum Gasteiger partial charge on any atom is -0.379 e. The lowest BCUT2D eigenvalue weighted by Gasteiger charge is -2.25. The number of fused-ring (bicyclic) bond motifs is 1. The molecule has 2 N–H and O–H groups in total. The van der Waals surface area contributed by atoms with Crippen LogP contribution in [0.25, 0.3) is 10.8 Å². The van der Waals surface area contributed by atoms with E-state index in [-0.39, 0.29) is 11.8 Å². The molecule has 0 saturated carbocycles. The summed E-state index contributed by atoms with van der Waals surface area (Å²) in [6, 6.07) is 21.2. The van der Waals surface area contributed by atoms with Crippen LogP contribution in [0.3, 0.4) is 0 Å². The highest BCUT2D eigenvalue weighted by Crippen LogP contribution is 2.20. The Labute approximate surface area is 175 Å². The van der Waals surface area contributed by atoms with Gasteiger partial charge in [-0.05, 0) is 40.6 Å². The number of morpholine rings is 1. The van der Waals surface area contributed by atoms with E-state index >= 15 is 0 Å². The number of amides is 2. The first-order valence-electron chi connectivity index (χ1n) is 10.1. The number of rotatable bonds is 6. The Hall–Kier alpha value is -3.22. The zero-order chi connectivity index (χ0) is 20.8. The lowest BCUT2D eigenvalue weighted by atomic mass is 10.0. The van der Waals surface area contributed by atoms with Gasteiger partial charge in [-0.15, -0.1) is 0 Å². The smallest absolute Gasteiger partial charge is 0.238 e. The average Bonchev–Trinajstić information content (AvgIpc) is 2.76. The molecule has 0 unspecified atom stereocenters. The maximum absolute atomic E-state index is 12.5. The molecular weight excluding hydrogens is 378 g/mol. The van der Waals surface area contributed by atoms with Crippen molar-refractivity contribution in [1.82, 2.24) is 4.90 Å². The third-order valence-electron chi connectivity index (χ3n) is 5.15. The van der Waals surface area contributed by atoms with Gasteiger partial charge >= 0.3 is 0 Å². The molecule has 0 spiro atoms. The first-order valence-corrected chi connectivity index (χ1v) is 10.1. The molecule has 0 radical (unpaired) electrons. The maximum atomic E-state index is 12.5. The molecule has 0 bridgehead atoms. The van der Waals surface area contributed by atoms with Crippen molar-refractivity contribution in [3.8, 4) is 0 Å². The Morgan fingerprint density at radius 2 is 1.43 bits per heavy atom. The Morgan fingerprint density at radius 3 is 2.17 bits per heavy atom. The van der Waals surface area contributed by atoms with Crippen LogP contribution in [0.1, 0.15) is 5.56 Å². The van der Waals surface area contributed by atoms with Crippen molar-refractivity contribution < 1.29 is 14.3 Å². The summed E-state index contributed by atoms with van der Waals surface area (Å²) in [6.45, 7) is 3.23. The highest BCUT2D eigenvalue weighted by atomic mass is 16.5. The summed E-state index contributed by atoms with van der Waals surface area (Å²) < 4.78 is 5.30. The molecule has 3 aromatic carbocycles. The predicted molar refractivity (Wildman–Crippen MR) is 119 cm³/mol. The second-order valence-corrected chi connectivity index (χ2v) is 7.38. The van der Waals surface area contributed by atoms with Crippen LogP contribution in [0.15, 0.2) is 66.7 Å².